The van der Waals surface area contributed by atoms with Gasteiger partial charge in [-0.15, -0.1) is 0 Å². The molecule has 2 aromatic rings. The number of amides is 2. The zero-order chi connectivity index (χ0) is 25.3. The van der Waals surface area contributed by atoms with Crippen molar-refractivity contribution >= 4 is 18.0 Å². The van der Waals surface area contributed by atoms with Gasteiger partial charge in [-0.25, -0.2) is 13.6 Å². The third kappa shape index (κ3) is 9.17. The molecule has 7 nitrogen and oxygen atoms in total. The summed E-state index contributed by atoms with van der Waals surface area (Å²) in [6, 6.07) is 10.6. The Labute approximate surface area is 198 Å². The highest BCUT2D eigenvalue weighted by Gasteiger charge is 2.30. The summed E-state index contributed by atoms with van der Waals surface area (Å²) in [4.78, 5) is 39.4. The van der Waals surface area contributed by atoms with Gasteiger partial charge in [0.05, 0.1) is 6.61 Å². The summed E-state index contributed by atoms with van der Waals surface area (Å²) in [6.45, 7) is 6.45. The van der Waals surface area contributed by atoms with E-state index in [2.05, 4.69) is 5.32 Å². The number of halogens is 2. The van der Waals surface area contributed by atoms with Gasteiger partial charge in [0.2, 0.25) is 5.91 Å². The zero-order valence-corrected chi connectivity index (χ0v) is 19.8. The largest absolute Gasteiger partial charge is 0.465 e. The van der Waals surface area contributed by atoms with Gasteiger partial charge < -0.3 is 19.7 Å². The number of ether oxygens (including phenoxy) is 2. The van der Waals surface area contributed by atoms with E-state index < -0.39 is 41.2 Å². The number of rotatable bonds is 9. The predicted molar refractivity (Wildman–Crippen MR) is 122 cm³/mol. The predicted octanol–water partition coefficient (Wildman–Crippen LogP) is 3.99. The second kappa shape index (κ2) is 12.1. The van der Waals surface area contributed by atoms with Crippen LogP contribution in [0.1, 0.15) is 38.8 Å². The van der Waals surface area contributed by atoms with Gasteiger partial charge in [0.1, 0.15) is 29.8 Å². The van der Waals surface area contributed by atoms with Crippen LogP contribution in [-0.2, 0) is 32.0 Å². The molecule has 0 bridgehead atoms. The molecular weight excluding hydrogens is 446 g/mol. The van der Waals surface area contributed by atoms with Gasteiger partial charge in [0.15, 0.2) is 0 Å². The van der Waals surface area contributed by atoms with Crippen LogP contribution in [0.3, 0.4) is 0 Å². The van der Waals surface area contributed by atoms with Crippen molar-refractivity contribution in [2.45, 2.75) is 52.3 Å². The molecule has 2 rings (SSSR count). The molecule has 34 heavy (non-hydrogen) atoms. The molecular formula is C25H30F2N2O5. The minimum atomic E-state index is -1.26. The Morgan fingerprint density at radius 3 is 2.18 bits per heavy atom. The number of esters is 1. The number of carbonyl (C=O) groups is 3. The Bertz CT molecular complexity index is 972. The van der Waals surface area contributed by atoms with Gasteiger partial charge in [0.25, 0.3) is 0 Å². The summed E-state index contributed by atoms with van der Waals surface area (Å²) < 4.78 is 37.8. The lowest BCUT2D eigenvalue weighted by atomic mass is 10.0. The number of nitrogens with one attached hydrogen (secondary N) is 1. The summed E-state index contributed by atoms with van der Waals surface area (Å²) in [5.74, 6) is -2.88. The first kappa shape index (κ1) is 26.8. The second-order valence-corrected chi connectivity index (χ2v) is 8.67. The highest BCUT2D eigenvalue weighted by molar-refractivity contribution is 5.88. The van der Waals surface area contributed by atoms with Crippen molar-refractivity contribution in [3.8, 4) is 0 Å². The molecule has 2 aromatic carbocycles. The minimum absolute atomic E-state index is 0.0580. The standard InChI is InChI=1S/C25H30F2N2O5/c1-5-33-22(30)16-29(15-17-9-7-6-8-10-17)23(31)21(28-24(32)34-25(2,3)4)13-18-11-19(26)14-20(27)12-18/h6-12,14,21H,5,13,15-16H2,1-4H3,(H,28,32)/t21-/m1/s1. The van der Waals surface area contributed by atoms with Crippen molar-refractivity contribution in [1.82, 2.24) is 10.2 Å². The number of alkyl carbamates (subject to hydrolysis) is 1. The van der Waals surface area contributed by atoms with Crippen LogP contribution in [0, 0.1) is 11.6 Å². The van der Waals surface area contributed by atoms with Gasteiger partial charge in [0, 0.05) is 19.0 Å². The second-order valence-electron chi connectivity index (χ2n) is 8.67. The molecule has 184 valence electrons. The molecule has 2 amide bonds. The van der Waals surface area contributed by atoms with E-state index in [0.29, 0.717) is 6.07 Å². The molecule has 9 heteroatoms. The monoisotopic (exact) mass is 476 g/mol. The van der Waals surface area contributed by atoms with E-state index >= 15 is 0 Å². The van der Waals surface area contributed by atoms with Crippen LogP contribution in [0.2, 0.25) is 0 Å². The Balaban J connectivity index is 2.35. The number of benzene rings is 2. The van der Waals surface area contributed by atoms with Gasteiger partial charge in [-0.1, -0.05) is 30.3 Å². The molecule has 0 aliphatic rings. The molecule has 0 spiro atoms. The fourth-order valence-corrected chi connectivity index (χ4v) is 3.21. The fourth-order valence-electron chi connectivity index (χ4n) is 3.21. The first-order chi connectivity index (χ1) is 16.0. The van der Waals surface area contributed by atoms with Crippen LogP contribution in [0.25, 0.3) is 0 Å². The van der Waals surface area contributed by atoms with E-state index in [1.807, 2.05) is 6.07 Å². The SMILES string of the molecule is CCOC(=O)CN(Cc1ccccc1)C(=O)[C@@H](Cc1cc(F)cc(F)c1)NC(=O)OC(C)(C)C. The van der Waals surface area contributed by atoms with Crippen molar-refractivity contribution in [2.24, 2.45) is 0 Å². The Morgan fingerprint density at radius 2 is 1.62 bits per heavy atom. The molecule has 0 aromatic heterocycles. The third-order valence-corrected chi connectivity index (χ3v) is 4.50. The van der Waals surface area contributed by atoms with Crippen molar-refractivity contribution in [3.63, 3.8) is 0 Å². The average Bonchev–Trinajstić information content (AvgIpc) is 2.71. The maximum absolute atomic E-state index is 13.8. The van der Waals surface area contributed by atoms with E-state index in [1.165, 1.54) is 4.90 Å². The first-order valence-electron chi connectivity index (χ1n) is 10.9. The number of carbonyl (C=O) groups excluding carboxylic acids is 3. The van der Waals surface area contributed by atoms with Crippen molar-refractivity contribution < 1.29 is 32.6 Å². The molecule has 0 fully saturated rings. The molecule has 0 aliphatic heterocycles. The highest BCUT2D eigenvalue weighted by Crippen LogP contribution is 2.15. The Morgan fingerprint density at radius 1 is 1.00 bits per heavy atom. The summed E-state index contributed by atoms with van der Waals surface area (Å²) in [7, 11) is 0. The van der Waals surface area contributed by atoms with Gasteiger partial charge in [-0.05, 0) is 51.0 Å². The normalized spacial score (nSPS) is 11.9. The molecule has 0 saturated heterocycles. The fraction of sp³-hybridized carbons (Fsp3) is 0.400. The van der Waals surface area contributed by atoms with E-state index in [0.717, 1.165) is 17.7 Å². The van der Waals surface area contributed by atoms with E-state index in [1.54, 1.807) is 52.0 Å². The molecule has 0 aliphatic carbocycles. The summed E-state index contributed by atoms with van der Waals surface area (Å²) in [5, 5.41) is 2.48. The maximum Gasteiger partial charge on any atom is 0.408 e. The number of hydrogen-bond acceptors (Lipinski definition) is 5. The van der Waals surface area contributed by atoms with E-state index in [-0.39, 0.29) is 31.7 Å². The van der Waals surface area contributed by atoms with Crippen LogP contribution in [0.4, 0.5) is 13.6 Å². The number of hydrogen-bond donors (Lipinski definition) is 1. The lowest BCUT2D eigenvalue weighted by Crippen LogP contribution is -2.51. The Hall–Kier alpha value is -3.49. The third-order valence-electron chi connectivity index (χ3n) is 4.50. The van der Waals surface area contributed by atoms with E-state index in [4.69, 9.17) is 9.47 Å². The summed E-state index contributed by atoms with van der Waals surface area (Å²) in [5.41, 5.74) is 0.0628. The zero-order valence-electron chi connectivity index (χ0n) is 19.8. The molecule has 1 atom stereocenters. The maximum atomic E-state index is 13.8. The van der Waals surface area contributed by atoms with Crippen LogP contribution < -0.4 is 5.32 Å². The quantitative estimate of drug-likeness (QED) is 0.553. The van der Waals surface area contributed by atoms with Crippen molar-refractivity contribution in [2.75, 3.05) is 13.2 Å². The van der Waals surface area contributed by atoms with Gasteiger partial charge >= 0.3 is 12.1 Å². The molecule has 1 N–H and O–H groups in total. The molecule has 0 radical (unpaired) electrons. The highest BCUT2D eigenvalue weighted by atomic mass is 19.1. The smallest absolute Gasteiger partial charge is 0.408 e. The first-order valence-corrected chi connectivity index (χ1v) is 10.9. The molecule has 0 saturated carbocycles. The van der Waals surface area contributed by atoms with Crippen LogP contribution in [-0.4, -0.2) is 47.7 Å². The lowest BCUT2D eigenvalue weighted by molar-refractivity contribution is -0.150. The lowest BCUT2D eigenvalue weighted by Gasteiger charge is -2.28. The minimum Gasteiger partial charge on any atom is -0.465 e. The van der Waals surface area contributed by atoms with E-state index in [9.17, 15) is 23.2 Å². The molecule has 0 heterocycles. The van der Waals surface area contributed by atoms with Gasteiger partial charge in [-0.3, -0.25) is 9.59 Å². The van der Waals surface area contributed by atoms with Crippen LogP contribution >= 0.6 is 0 Å². The average molecular weight is 477 g/mol. The summed E-state index contributed by atoms with van der Waals surface area (Å²) >= 11 is 0. The number of nitrogens with zero attached hydrogens (tertiary/aromatic N) is 1. The topological polar surface area (TPSA) is 84.9 Å². The Kier molecular flexibility index (Phi) is 9.53. The summed E-state index contributed by atoms with van der Waals surface area (Å²) in [6.07, 6.45) is -1.10. The van der Waals surface area contributed by atoms with Gasteiger partial charge in [-0.2, -0.15) is 0 Å². The van der Waals surface area contributed by atoms with Crippen molar-refractivity contribution in [3.05, 3.63) is 71.3 Å². The van der Waals surface area contributed by atoms with Crippen LogP contribution in [0.5, 0.6) is 0 Å². The molecule has 0 unspecified atom stereocenters. The van der Waals surface area contributed by atoms with Crippen LogP contribution in [0.15, 0.2) is 48.5 Å². The van der Waals surface area contributed by atoms with Crippen molar-refractivity contribution in [1.29, 1.82) is 0 Å².